The van der Waals surface area contributed by atoms with Crippen molar-refractivity contribution in [1.29, 1.82) is 0 Å². The second-order valence-electron chi connectivity index (χ2n) is 26.8. The number of ketones is 2. The number of aliphatic hydroxyl groups excluding tert-OH is 1. The third kappa shape index (κ3) is 14.7. The van der Waals surface area contributed by atoms with E-state index in [0.717, 1.165) is 63.5 Å². The Hall–Kier alpha value is -4.94. The Bertz CT molecular complexity index is 2880. The van der Waals surface area contributed by atoms with Crippen LogP contribution in [-0.4, -0.2) is 129 Å². The minimum Gasteiger partial charge on any atom is -0.480 e. The first-order chi connectivity index (χ1) is 39.3. The van der Waals surface area contributed by atoms with Crippen LogP contribution in [0.1, 0.15) is 189 Å². The molecular formula is C65H94N6O10S2. The monoisotopic (exact) mass is 1180 g/mol. The molecule has 11 atom stereocenters. The van der Waals surface area contributed by atoms with Gasteiger partial charge in [0.05, 0.1) is 22.4 Å². The number of Topliss-reactive ketones (excluding diaryl/α,β-unsaturated/α-hetero) is 2. The van der Waals surface area contributed by atoms with Crippen molar-refractivity contribution in [2.45, 2.75) is 202 Å². The van der Waals surface area contributed by atoms with E-state index < -0.39 is 23.5 Å². The molecule has 0 radical (unpaired) electrons. The van der Waals surface area contributed by atoms with Crippen molar-refractivity contribution in [3.63, 3.8) is 0 Å². The number of carboxylic acid groups (broad SMARTS) is 1. The minimum atomic E-state index is -1.05. The highest BCUT2D eigenvalue weighted by Crippen LogP contribution is 2.68. The SMILES string of the molecule is CC1=C(C)C(=O)C(C(C)(C)CC(=O)N(C)CCN(CCCCCC(=O)NCCCCC(NC(=O)CC[C@@H](C)[C@H]2CC[C@H]3[C@@H]4CC[C@@H]5C[C@H](O)CC[C@]5(C)[C@H]4CC[C@]23C)C(=O)O)C(=O)Oc2ccc3nc(C4=NC(C)CS4)sc3c2)=C(C)C1=O. The summed E-state index contributed by atoms with van der Waals surface area (Å²) in [5.74, 6) is 3.00. The predicted molar refractivity (Wildman–Crippen MR) is 327 cm³/mol. The first-order valence-corrected chi connectivity index (χ1v) is 32.9. The minimum absolute atomic E-state index is 0.0220. The van der Waals surface area contributed by atoms with E-state index in [1.165, 1.54) is 54.8 Å². The molecule has 18 heteroatoms. The Morgan fingerprint density at radius 3 is 2.31 bits per heavy atom. The smallest absolute Gasteiger partial charge is 0.415 e. The summed E-state index contributed by atoms with van der Waals surface area (Å²) >= 11 is 3.17. The third-order valence-corrected chi connectivity index (χ3v) is 23.2. The maximum atomic E-state index is 13.9. The van der Waals surface area contributed by atoms with Crippen LogP contribution < -0.4 is 15.4 Å². The van der Waals surface area contributed by atoms with Crippen molar-refractivity contribution in [3.8, 4) is 5.75 Å². The summed E-state index contributed by atoms with van der Waals surface area (Å²) in [5.41, 5.74) is 1.99. The van der Waals surface area contributed by atoms with Gasteiger partial charge in [-0.3, -0.25) is 29.0 Å². The number of benzene rings is 1. The fourth-order valence-corrected chi connectivity index (χ4v) is 17.9. The van der Waals surface area contributed by atoms with Crippen LogP contribution in [-0.2, 0) is 28.8 Å². The van der Waals surface area contributed by atoms with Crippen LogP contribution in [0.25, 0.3) is 10.2 Å². The molecule has 4 fully saturated rings. The topological polar surface area (TPSA) is 225 Å². The van der Waals surface area contributed by atoms with E-state index in [4.69, 9.17) is 14.7 Å². The number of ether oxygens (including phenoxy) is 1. The van der Waals surface area contributed by atoms with Gasteiger partial charge in [0.15, 0.2) is 11.6 Å². The van der Waals surface area contributed by atoms with E-state index >= 15 is 0 Å². The van der Waals surface area contributed by atoms with Crippen molar-refractivity contribution in [3.05, 3.63) is 45.5 Å². The van der Waals surface area contributed by atoms with Gasteiger partial charge in [0.25, 0.3) is 0 Å². The number of nitrogens with one attached hydrogen (secondary N) is 2. The molecule has 5 aliphatic carbocycles. The molecule has 0 spiro atoms. The molecule has 4 amide bonds. The van der Waals surface area contributed by atoms with Gasteiger partial charge >= 0.3 is 12.1 Å². The number of thioether (sulfide) groups is 1. The van der Waals surface area contributed by atoms with Crippen LogP contribution in [0.4, 0.5) is 4.79 Å². The second-order valence-corrected chi connectivity index (χ2v) is 28.9. The van der Waals surface area contributed by atoms with E-state index in [0.29, 0.717) is 109 Å². The van der Waals surface area contributed by atoms with Crippen molar-refractivity contribution < 1.29 is 48.5 Å². The van der Waals surface area contributed by atoms with E-state index in [2.05, 4.69) is 38.3 Å². The zero-order valence-electron chi connectivity index (χ0n) is 51.2. The number of likely N-dealkylation sites (N-methyl/N-ethyl adjacent to an activating group) is 1. The molecule has 1 aromatic heterocycles. The molecule has 456 valence electrons. The summed E-state index contributed by atoms with van der Waals surface area (Å²) in [4.78, 5) is 105. The number of carbonyl (C=O) groups is 7. The lowest BCUT2D eigenvalue weighted by Gasteiger charge is -2.61. The van der Waals surface area contributed by atoms with Gasteiger partial charge in [0.2, 0.25) is 17.7 Å². The normalized spacial score (nSPS) is 27.8. The van der Waals surface area contributed by atoms with Crippen LogP contribution in [0.15, 0.2) is 45.5 Å². The van der Waals surface area contributed by atoms with Gasteiger partial charge < -0.3 is 35.4 Å². The summed E-state index contributed by atoms with van der Waals surface area (Å²) in [6.07, 6.45) is 14.2. The summed E-state index contributed by atoms with van der Waals surface area (Å²) < 4.78 is 6.81. The largest absolute Gasteiger partial charge is 0.480 e. The number of aromatic nitrogens is 1. The Morgan fingerprint density at radius 1 is 0.843 bits per heavy atom. The highest BCUT2D eigenvalue weighted by molar-refractivity contribution is 8.15. The number of carboxylic acids is 1. The third-order valence-electron chi connectivity index (χ3n) is 20.8. The average molecular weight is 1180 g/mol. The van der Waals surface area contributed by atoms with Gasteiger partial charge in [-0.05, 0) is 182 Å². The number of amides is 4. The number of fused-ring (bicyclic) bond motifs is 6. The standard InChI is InChI=1S/C65H94N6O10S2/c1-38(47-22-23-48-46-21-19-43-34-44(72)26-28-64(43,8)49(46)27-29-65(47,48)9)18-25-54(74)68-51(61(78)79)16-13-14-30-66-53(73)17-12-11-15-31-71(62(80)81-45-20-24-50-52(35-45)83-60(69-50)59-67-39(2)37-82-59)33-32-70(10)55(75)36-63(6,7)56-42(5)57(76)40(3)41(4)58(56)77/h20,24,35,38-39,43-44,46-49,51,72H,11-19,21-23,25-34,36-37H2,1-10H3,(H,66,73)(H,68,74)(H,78,79)/t38-,39?,43-,44-,46+,47-,48+,49+,51?,64+,65-/m1/s1. The fourth-order valence-electron chi connectivity index (χ4n) is 15.9. The summed E-state index contributed by atoms with van der Waals surface area (Å²) in [6, 6.07) is 4.57. The molecule has 4 N–H and O–H groups in total. The van der Waals surface area contributed by atoms with Gasteiger partial charge in [-0.15, -0.1) is 23.1 Å². The van der Waals surface area contributed by atoms with Crippen molar-refractivity contribution in [2.75, 3.05) is 39.0 Å². The van der Waals surface area contributed by atoms with Crippen molar-refractivity contribution in [1.82, 2.24) is 25.4 Å². The lowest BCUT2D eigenvalue weighted by molar-refractivity contribution is -0.142. The number of hydrogen-bond acceptors (Lipinski definition) is 13. The Balaban J connectivity index is 0.757. The molecule has 4 saturated carbocycles. The maximum Gasteiger partial charge on any atom is 0.415 e. The maximum absolute atomic E-state index is 13.9. The number of aliphatic hydroxyl groups is 1. The molecule has 83 heavy (non-hydrogen) atoms. The summed E-state index contributed by atoms with van der Waals surface area (Å²) in [6.45, 7) is 19.0. The molecule has 0 bridgehead atoms. The van der Waals surface area contributed by atoms with E-state index in [-0.39, 0.29) is 79.2 Å². The Morgan fingerprint density at radius 2 is 1.58 bits per heavy atom. The number of aliphatic imine (C=N–C) groups is 1. The molecule has 8 rings (SSSR count). The lowest BCUT2D eigenvalue weighted by atomic mass is 9.44. The highest BCUT2D eigenvalue weighted by Gasteiger charge is 2.60. The van der Waals surface area contributed by atoms with Crippen LogP contribution in [0.5, 0.6) is 5.75 Å². The Labute approximate surface area is 500 Å². The number of allylic oxidation sites excluding steroid dienone is 4. The van der Waals surface area contributed by atoms with Crippen LogP contribution in [0.3, 0.4) is 0 Å². The van der Waals surface area contributed by atoms with E-state index in [9.17, 15) is 43.8 Å². The number of aliphatic carboxylic acids is 1. The quantitative estimate of drug-likeness (QED) is 0.0538. The molecular weight excluding hydrogens is 1090 g/mol. The van der Waals surface area contributed by atoms with Gasteiger partial charge in [-0.1, -0.05) is 41.0 Å². The van der Waals surface area contributed by atoms with Gasteiger partial charge in [0, 0.05) is 92.0 Å². The lowest BCUT2D eigenvalue weighted by Crippen LogP contribution is -2.54. The number of rotatable bonds is 25. The summed E-state index contributed by atoms with van der Waals surface area (Å²) in [5, 5.41) is 28.0. The first-order valence-electron chi connectivity index (χ1n) is 31.1. The molecule has 1 aliphatic heterocycles. The number of unbranched alkanes of at least 4 members (excludes halogenated alkanes) is 3. The van der Waals surface area contributed by atoms with E-state index in [1.54, 1.807) is 70.5 Å². The Kier molecular flexibility index (Phi) is 21.0. The van der Waals surface area contributed by atoms with Crippen molar-refractivity contribution in [2.24, 2.45) is 56.7 Å². The van der Waals surface area contributed by atoms with Crippen molar-refractivity contribution >= 4 is 79.7 Å². The summed E-state index contributed by atoms with van der Waals surface area (Å²) in [7, 11) is 1.65. The molecule has 0 saturated heterocycles. The average Bonchev–Trinajstić information content (AvgIpc) is 2.09. The van der Waals surface area contributed by atoms with Crippen LogP contribution >= 0.6 is 23.1 Å². The molecule has 16 nitrogen and oxygen atoms in total. The number of nitrogens with zero attached hydrogens (tertiary/aromatic N) is 4. The highest BCUT2D eigenvalue weighted by atomic mass is 32.2. The van der Waals surface area contributed by atoms with Gasteiger partial charge in [-0.2, -0.15) is 0 Å². The zero-order valence-corrected chi connectivity index (χ0v) is 52.8. The van der Waals surface area contributed by atoms with E-state index in [1.807, 2.05) is 6.07 Å². The molecule has 2 heterocycles. The molecule has 1 aromatic carbocycles. The number of thiazole rings is 1. The molecule has 6 aliphatic rings. The van der Waals surface area contributed by atoms with Crippen LogP contribution in [0, 0.1) is 51.8 Å². The fraction of sp³-hybridized carbons (Fsp3) is 0.708. The zero-order chi connectivity index (χ0) is 60.1. The second kappa shape index (κ2) is 27.2. The first kappa shape index (κ1) is 64.1. The number of hydrogen-bond donors (Lipinski definition) is 4. The van der Waals surface area contributed by atoms with Crippen LogP contribution in [0.2, 0.25) is 0 Å². The predicted octanol–water partition coefficient (Wildman–Crippen LogP) is 11.5. The molecule has 2 aromatic rings. The van der Waals surface area contributed by atoms with Gasteiger partial charge in [0.1, 0.15) is 21.8 Å². The molecule has 2 unspecified atom stereocenters. The van der Waals surface area contributed by atoms with Gasteiger partial charge in [-0.25, -0.2) is 14.6 Å². The number of carbonyl (C=O) groups excluding carboxylic acids is 6.